The fourth-order valence-electron chi connectivity index (χ4n) is 1.32. The van der Waals surface area contributed by atoms with E-state index in [1.165, 1.54) is 12.1 Å². The maximum absolute atomic E-state index is 13.1. The molecule has 0 aliphatic carbocycles. The molecule has 0 aliphatic heterocycles. The molecule has 0 aliphatic rings. The summed E-state index contributed by atoms with van der Waals surface area (Å²) < 4.78 is 57.9. The first-order valence-corrected chi connectivity index (χ1v) is 6.07. The fraction of sp³-hybridized carbons (Fsp3) is 0.500. The first kappa shape index (κ1) is 16.0. The minimum atomic E-state index is -4.32. The van der Waals surface area contributed by atoms with E-state index in [1.807, 2.05) is 0 Å². The number of hydrogen-bond acceptors (Lipinski definition) is 2. The van der Waals surface area contributed by atoms with Crippen LogP contribution in [0, 0.1) is 5.82 Å². The minimum Gasteiger partial charge on any atom is -0.493 e. The summed E-state index contributed by atoms with van der Waals surface area (Å²) in [6, 6.07) is 4.05. The van der Waals surface area contributed by atoms with Gasteiger partial charge >= 0.3 is 6.18 Å². The van der Waals surface area contributed by atoms with E-state index in [4.69, 9.17) is 16.3 Å². The van der Waals surface area contributed by atoms with Crippen LogP contribution in [-0.4, -0.2) is 26.0 Å². The molecule has 0 unspecified atom stereocenters. The summed E-state index contributed by atoms with van der Waals surface area (Å²) in [5.74, 6) is -0.0176. The smallest absolute Gasteiger partial charge is 0.411 e. The Hall–Kier alpha value is -1.01. The first-order valence-electron chi connectivity index (χ1n) is 5.53. The molecular weight excluding hydrogens is 288 g/mol. The Morgan fingerprint density at radius 3 is 2.47 bits per heavy atom. The second-order valence-electron chi connectivity index (χ2n) is 3.80. The van der Waals surface area contributed by atoms with Gasteiger partial charge in [0.05, 0.1) is 13.2 Å². The molecule has 0 bridgehead atoms. The third-order valence-electron chi connectivity index (χ3n) is 2.05. The summed E-state index contributed by atoms with van der Waals surface area (Å²) >= 11 is 5.57. The molecule has 7 heteroatoms. The van der Waals surface area contributed by atoms with Gasteiger partial charge in [-0.3, -0.25) is 0 Å². The van der Waals surface area contributed by atoms with Crippen molar-refractivity contribution in [1.82, 2.24) is 0 Å². The van der Waals surface area contributed by atoms with Crippen molar-refractivity contribution in [2.45, 2.75) is 18.5 Å². The van der Waals surface area contributed by atoms with Crippen molar-refractivity contribution in [1.29, 1.82) is 0 Å². The van der Waals surface area contributed by atoms with Crippen LogP contribution in [0.4, 0.5) is 17.6 Å². The highest BCUT2D eigenvalue weighted by Crippen LogP contribution is 2.18. The summed E-state index contributed by atoms with van der Waals surface area (Å²) in [6.07, 6.45) is -4.04. The van der Waals surface area contributed by atoms with Crippen LogP contribution in [0.5, 0.6) is 5.75 Å². The van der Waals surface area contributed by atoms with E-state index in [-0.39, 0.29) is 25.5 Å². The van der Waals surface area contributed by atoms with E-state index in [0.717, 1.165) is 0 Å². The lowest BCUT2D eigenvalue weighted by molar-refractivity contribution is -0.174. The Morgan fingerprint density at radius 2 is 1.84 bits per heavy atom. The van der Waals surface area contributed by atoms with E-state index < -0.39 is 18.6 Å². The fourth-order valence-corrected chi connectivity index (χ4v) is 1.47. The zero-order valence-corrected chi connectivity index (χ0v) is 10.7. The highest BCUT2D eigenvalue weighted by Gasteiger charge is 2.27. The third-order valence-corrected chi connectivity index (χ3v) is 2.36. The molecule has 2 nitrogen and oxygen atoms in total. The molecule has 108 valence electrons. The Bertz CT molecular complexity index is 396. The van der Waals surface area contributed by atoms with E-state index >= 15 is 0 Å². The first-order chi connectivity index (χ1) is 8.90. The van der Waals surface area contributed by atoms with Crippen LogP contribution >= 0.6 is 11.6 Å². The largest absolute Gasteiger partial charge is 0.493 e. The number of rotatable bonds is 7. The summed E-state index contributed by atoms with van der Waals surface area (Å²) in [6.45, 7) is -1.20. The average molecular weight is 301 g/mol. The number of alkyl halides is 4. The van der Waals surface area contributed by atoms with Gasteiger partial charge in [0, 0.05) is 18.4 Å². The van der Waals surface area contributed by atoms with Crippen LogP contribution < -0.4 is 4.74 Å². The van der Waals surface area contributed by atoms with Gasteiger partial charge in [-0.2, -0.15) is 13.2 Å². The zero-order chi connectivity index (χ0) is 14.3. The maximum atomic E-state index is 13.1. The standard InChI is InChI=1S/C12H13ClF4O2/c13-7-9-4-10(14)6-11(5-9)19-3-1-2-18-8-12(15,16)17/h4-6H,1-3,7-8H2. The predicted octanol–water partition coefficient (Wildman–Crippen LogP) is 3.91. The van der Waals surface area contributed by atoms with Crippen molar-refractivity contribution in [3.05, 3.63) is 29.6 Å². The van der Waals surface area contributed by atoms with E-state index in [0.29, 0.717) is 11.3 Å². The molecule has 1 aromatic carbocycles. The Balaban J connectivity index is 2.24. The van der Waals surface area contributed by atoms with Crippen LogP contribution in [0.2, 0.25) is 0 Å². The molecule has 0 fully saturated rings. The van der Waals surface area contributed by atoms with Crippen LogP contribution in [0.3, 0.4) is 0 Å². The summed E-state index contributed by atoms with van der Waals surface area (Å²) in [4.78, 5) is 0. The monoisotopic (exact) mass is 300 g/mol. The van der Waals surface area contributed by atoms with Gasteiger partial charge in [-0.15, -0.1) is 11.6 Å². The second kappa shape index (κ2) is 7.55. The van der Waals surface area contributed by atoms with Gasteiger partial charge in [0.1, 0.15) is 18.2 Å². The quantitative estimate of drug-likeness (QED) is 0.432. The Kier molecular flexibility index (Phi) is 6.37. The normalized spacial score (nSPS) is 11.6. The van der Waals surface area contributed by atoms with Crippen molar-refractivity contribution in [2.75, 3.05) is 19.8 Å². The molecule has 0 aromatic heterocycles. The highest BCUT2D eigenvalue weighted by atomic mass is 35.5. The lowest BCUT2D eigenvalue weighted by atomic mass is 10.2. The molecule has 0 atom stereocenters. The summed E-state index contributed by atoms with van der Waals surface area (Å²) in [5, 5.41) is 0. The summed E-state index contributed by atoms with van der Waals surface area (Å²) in [5.41, 5.74) is 0.574. The lowest BCUT2D eigenvalue weighted by Crippen LogP contribution is -2.18. The molecule has 1 aromatic rings. The average Bonchev–Trinajstić information content (AvgIpc) is 2.31. The SMILES string of the molecule is Fc1cc(CCl)cc(OCCCOCC(F)(F)F)c1. The Labute approximate surface area is 113 Å². The molecule has 0 amide bonds. The van der Waals surface area contributed by atoms with Crippen LogP contribution in [-0.2, 0) is 10.6 Å². The number of benzene rings is 1. The van der Waals surface area contributed by atoms with Crippen LogP contribution in [0.15, 0.2) is 18.2 Å². The van der Waals surface area contributed by atoms with Gasteiger partial charge in [-0.05, 0) is 17.7 Å². The van der Waals surface area contributed by atoms with Gasteiger partial charge in [0.15, 0.2) is 0 Å². The van der Waals surface area contributed by atoms with E-state index in [2.05, 4.69) is 4.74 Å². The van der Waals surface area contributed by atoms with Crippen molar-refractivity contribution in [3.63, 3.8) is 0 Å². The lowest BCUT2D eigenvalue weighted by Gasteiger charge is -2.09. The third kappa shape index (κ3) is 7.22. The molecule has 19 heavy (non-hydrogen) atoms. The molecule has 0 radical (unpaired) electrons. The number of hydrogen-bond donors (Lipinski definition) is 0. The molecule has 0 N–H and O–H groups in total. The molecule has 1 rings (SSSR count). The second-order valence-corrected chi connectivity index (χ2v) is 4.07. The van der Waals surface area contributed by atoms with E-state index in [1.54, 1.807) is 6.07 Å². The number of halogens is 5. The van der Waals surface area contributed by atoms with Crippen LogP contribution in [0.25, 0.3) is 0 Å². The maximum Gasteiger partial charge on any atom is 0.411 e. The van der Waals surface area contributed by atoms with E-state index in [9.17, 15) is 17.6 Å². The summed E-state index contributed by atoms with van der Waals surface area (Å²) in [7, 11) is 0. The van der Waals surface area contributed by atoms with Crippen LogP contribution in [0.1, 0.15) is 12.0 Å². The number of ether oxygens (including phenoxy) is 2. The zero-order valence-electron chi connectivity index (χ0n) is 9.97. The Morgan fingerprint density at radius 1 is 1.11 bits per heavy atom. The highest BCUT2D eigenvalue weighted by molar-refractivity contribution is 6.17. The van der Waals surface area contributed by atoms with Crippen molar-refractivity contribution >= 4 is 11.6 Å². The van der Waals surface area contributed by atoms with Gasteiger partial charge in [0.2, 0.25) is 0 Å². The van der Waals surface area contributed by atoms with Gasteiger partial charge in [0.25, 0.3) is 0 Å². The van der Waals surface area contributed by atoms with Crippen molar-refractivity contribution in [3.8, 4) is 5.75 Å². The topological polar surface area (TPSA) is 18.5 Å². The minimum absolute atomic E-state index is 0.0722. The van der Waals surface area contributed by atoms with Crippen molar-refractivity contribution < 1.29 is 27.0 Å². The van der Waals surface area contributed by atoms with Gasteiger partial charge in [-0.1, -0.05) is 0 Å². The molecule has 0 saturated heterocycles. The molecular formula is C12H13ClF4O2. The molecule has 0 spiro atoms. The molecule has 0 saturated carbocycles. The van der Waals surface area contributed by atoms with Crippen molar-refractivity contribution in [2.24, 2.45) is 0 Å². The van der Waals surface area contributed by atoms with Gasteiger partial charge < -0.3 is 9.47 Å². The predicted molar refractivity (Wildman–Crippen MR) is 62.9 cm³/mol. The van der Waals surface area contributed by atoms with Gasteiger partial charge in [-0.25, -0.2) is 4.39 Å². The molecule has 0 heterocycles.